The van der Waals surface area contributed by atoms with Crippen molar-refractivity contribution in [1.29, 1.82) is 0 Å². The Hall–Kier alpha value is -2.38. The third-order valence-corrected chi connectivity index (χ3v) is 5.67. The van der Waals surface area contributed by atoms with Gasteiger partial charge >= 0.3 is 0 Å². The van der Waals surface area contributed by atoms with Crippen molar-refractivity contribution in [3.05, 3.63) is 53.7 Å². The van der Waals surface area contributed by atoms with E-state index in [4.69, 9.17) is 9.15 Å². The second-order valence-corrected chi connectivity index (χ2v) is 9.41. The lowest BCUT2D eigenvalue weighted by atomic mass is 9.94. The molecule has 0 amide bonds. The second kappa shape index (κ2) is 12.0. The number of nitrogens with one attached hydrogen (secondary N) is 2. The van der Waals surface area contributed by atoms with E-state index < -0.39 is 0 Å². The fourth-order valence-electron chi connectivity index (χ4n) is 3.72. The molecule has 3 rings (SSSR count). The highest BCUT2D eigenvalue weighted by Gasteiger charge is 2.20. The highest BCUT2D eigenvalue weighted by Crippen LogP contribution is 2.22. The molecule has 0 atom stereocenters. The third-order valence-electron chi connectivity index (χ3n) is 5.67. The molecule has 1 saturated heterocycles. The summed E-state index contributed by atoms with van der Waals surface area (Å²) in [5.41, 5.74) is 1.35. The number of guanidine groups is 1. The molecule has 1 aromatic carbocycles. The van der Waals surface area contributed by atoms with Gasteiger partial charge < -0.3 is 19.8 Å². The number of hydrogen-bond acceptors (Lipinski definition) is 5. The molecule has 2 aromatic rings. The Labute approximate surface area is 192 Å². The van der Waals surface area contributed by atoms with E-state index in [0.717, 1.165) is 63.8 Å². The average Bonchev–Trinajstić information content (AvgIpc) is 3.27. The van der Waals surface area contributed by atoms with Gasteiger partial charge in [-0.25, -0.2) is 4.98 Å². The van der Waals surface area contributed by atoms with Crippen LogP contribution in [0.2, 0.25) is 0 Å². The number of benzene rings is 1. The van der Waals surface area contributed by atoms with Gasteiger partial charge in [0.2, 0.25) is 5.89 Å². The Morgan fingerprint density at radius 3 is 2.59 bits per heavy atom. The maximum absolute atomic E-state index is 6.11. The van der Waals surface area contributed by atoms with Crippen LogP contribution < -0.4 is 10.6 Å². The Morgan fingerprint density at radius 2 is 1.94 bits per heavy atom. The fourth-order valence-corrected chi connectivity index (χ4v) is 3.72. The number of piperidine rings is 1. The van der Waals surface area contributed by atoms with Crippen molar-refractivity contribution in [2.75, 3.05) is 33.3 Å². The molecule has 1 aliphatic rings. The van der Waals surface area contributed by atoms with Crippen molar-refractivity contribution in [2.24, 2.45) is 4.99 Å². The van der Waals surface area contributed by atoms with Crippen molar-refractivity contribution in [3.8, 4) is 0 Å². The lowest BCUT2D eigenvalue weighted by Crippen LogP contribution is -2.38. The molecule has 0 unspecified atom stereocenters. The van der Waals surface area contributed by atoms with Crippen molar-refractivity contribution in [2.45, 2.75) is 64.6 Å². The molecule has 1 aliphatic heterocycles. The van der Waals surface area contributed by atoms with Gasteiger partial charge in [0.15, 0.2) is 5.96 Å². The zero-order valence-corrected chi connectivity index (χ0v) is 20.1. The summed E-state index contributed by atoms with van der Waals surface area (Å²) in [7, 11) is 1.77. The van der Waals surface area contributed by atoms with Gasteiger partial charge in [0, 0.05) is 45.2 Å². The molecule has 2 N–H and O–H groups in total. The summed E-state index contributed by atoms with van der Waals surface area (Å²) >= 11 is 0. The van der Waals surface area contributed by atoms with Crippen molar-refractivity contribution in [3.63, 3.8) is 0 Å². The van der Waals surface area contributed by atoms with Crippen LogP contribution in [0.25, 0.3) is 0 Å². The van der Waals surface area contributed by atoms with E-state index in [0.29, 0.717) is 18.5 Å². The van der Waals surface area contributed by atoms with Crippen LogP contribution in [0, 0.1) is 0 Å². The SMILES string of the molecule is CN=C(NCCCOC1CCN(Cc2ccccc2)CC1)NCc1ncc(C(C)(C)C)o1. The molecule has 2 heterocycles. The minimum atomic E-state index is -0.0380. The quantitative estimate of drug-likeness (QED) is 0.351. The molecule has 0 bridgehead atoms. The normalized spacial score (nSPS) is 16.3. The third kappa shape index (κ3) is 7.95. The van der Waals surface area contributed by atoms with Crippen LogP contribution in [0.5, 0.6) is 0 Å². The molecule has 0 aliphatic carbocycles. The Morgan fingerprint density at radius 1 is 1.19 bits per heavy atom. The van der Waals surface area contributed by atoms with Gasteiger partial charge in [-0.3, -0.25) is 9.89 Å². The van der Waals surface area contributed by atoms with E-state index in [1.807, 2.05) is 0 Å². The van der Waals surface area contributed by atoms with E-state index in [9.17, 15) is 0 Å². The van der Waals surface area contributed by atoms with Crippen LogP contribution in [-0.4, -0.2) is 55.2 Å². The zero-order valence-electron chi connectivity index (χ0n) is 20.1. The molecule has 1 aromatic heterocycles. The molecule has 0 spiro atoms. The van der Waals surface area contributed by atoms with E-state index in [-0.39, 0.29) is 5.41 Å². The summed E-state index contributed by atoms with van der Waals surface area (Å²) in [5, 5.41) is 6.58. The predicted octanol–water partition coefficient (Wildman–Crippen LogP) is 3.71. The number of likely N-dealkylation sites (tertiary alicyclic amines) is 1. The Kier molecular flexibility index (Phi) is 9.11. The largest absolute Gasteiger partial charge is 0.443 e. The maximum Gasteiger partial charge on any atom is 0.213 e. The van der Waals surface area contributed by atoms with E-state index in [1.54, 1.807) is 13.2 Å². The summed E-state index contributed by atoms with van der Waals surface area (Å²) in [4.78, 5) is 11.1. The number of hydrogen-bond donors (Lipinski definition) is 2. The standard InChI is InChI=1S/C25H39N5O2/c1-25(2,3)22-17-28-23(32-22)18-29-24(26-4)27-13-8-16-31-21-11-14-30(15-12-21)19-20-9-6-5-7-10-20/h5-7,9-10,17,21H,8,11-16,18-19H2,1-4H3,(H2,26,27,29). The number of rotatable bonds is 9. The Bertz CT molecular complexity index is 820. The smallest absolute Gasteiger partial charge is 0.213 e. The van der Waals surface area contributed by atoms with Crippen LogP contribution in [0.4, 0.5) is 0 Å². The Balaban J connectivity index is 1.25. The minimum absolute atomic E-state index is 0.0380. The molecule has 176 valence electrons. The van der Waals surface area contributed by atoms with E-state index in [2.05, 4.69) is 76.6 Å². The molecule has 0 radical (unpaired) electrons. The number of aliphatic imine (C=N–C) groups is 1. The first kappa shape index (κ1) is 24.3. The van der Waals surface area contributed by atoms with Crippen molar-refractivity contribution < 1.29 is 9.15 Å². The minimum Gasteiger partial charge on any atom is -0.443 e. The summed E-state index contributed by atoms with van der Waals surface area (Å²) < 4.78 is 11.9. The van der Waals surface area contributed by atoms with Crippen LogP contribution in [-0.2, 0) is 23.2 Å². The number of ether oxygens (including phenoxy) is 1. The van der Waals surface area contributed by atoms with Gasteiger partial charge in [-0.15, -0.1) is 0 Å². The van der Waals surface area contributed by atoms with Crippen molar-refractivity contribution in [1.82, 2.24) is 20.5 Å². The molecule has 32 heavy (non-hydrogen) atoms. The fraction of sp³-hybridized carbons (Fsp3) is 0.600. The van der Waals surface area contributed by atoms with Crippen LogP contribution in [0.1, 0.15) is 57.2 Å². The van der Waals surface area contributed by atoms with E-state index in [1.165, 1.54) is 5.56 Å². The average molecular weight is 442 g/mol. The zero-order chi connectivity index (χ0) is 22.8. The van der Waals surface area contributed by atoms with Gasteiger partial charge in [0.25, 0.3) is 0 Å². The van der Waals surface area contributed by atoms with Crippen LogP contribution in [0.3, 0.4) is 0 Å². The summed E-state index contributed by atoms with van der Waals surface area (Å²) in [6, 6.07) is 10.7. The predicted molar refractivity (Wildman–Crippen MR) is 129 cm³/mol. The number of oxazole rings is 1. The second-order valence-electron chi connectivity index (χ2n) is 9.41. The lowest BCUT2D eigenvalue weighted by molar-refractivity contribution is 0.00534. The maximum atomic E-state index is 6.11. The molecule has 0 saturated carbocycles. The van der Waals surface area contributed by atoms with E-state index >= 15 is 0 Å². The monoisotopic (exact) mass is 441 g/mol. The van der Waals surface area contributed by atoms with Gasteiger partial charge in [-0.1, -0.05) is 51.1 Å². The summed E-state index contributed by atoms with van der Waals surface area (Å²) in [6.45, 7) is 11.7. The molecular formula is C25H39N5O2. The van der Waals surface area contributed by atoms with Gasteiger partial charge in [-0.2, -0.15) is 0 Å². The first-order chi connectivity index (χ1) is 15.4. The van der Waals surface area contributed by atoms with Crippen LogP contribution >= 0.6 is 0 Å². The molecule has 7 heteroatoms. The highest BCUT2D eigenvalue weighted by atomic mass is 16.5. The highest BCUT2D eigenvalue weighted by molar-refractivity contribution is 5.79. The lowest BCUT2D eigenvalue weighted by Gasteiger charge is -2.32. The van der Waals surface area contributed by atoms with Crippen LogP contribution in [0.15, 0.2) is 45.9 Å². The summed E-state index contributed by atoms with van der Waals surface area (Å²) in [5.74, 6) is 2.30. The number of aromatic nitrogens is 1. The number of nitrogens with zero attached hydrogens (tertiary/aromatic N) is 3. The molecule has 7 nitrogen and oxygen atoms in total. The molecule has 1 fully saturated rings. The van der Waals surface area contributed by atoms with Crippen molar-refractivity contribution >= 4 is 5.96 Å². The molecular weight excluding hydrogens is 402 g/mol. The first-order valence-electron chi connectivity index (χ1n) is 11.7. The topological polar surface area (TPSA) is 74.9 Å². The summed E-state index contributed by atoms with van der Waals surface area (Å²) in [6.07, 6.45) is 5.34. The van der Waals surface area contributed by atoms with Gasteiger partial charge in [-0.05, 0) is 24.8 Å². The van der Waals surface area contributed by atoms with Gasteiger partial charge in [0.1, 0.15) is 5.76 Å². The first-order valence-corrected chi connectivity index (χ1v) is 11.7. The van der Waals surface area contributed by atoms with Gasteiger partial charge in [0.05, 0.1) is 18.8 Å².